The molecular weight excluding hydrogens is 411 g/mol. The van der Waals surface area contributed by atoms with Gasteiger partial charge in [0.05, 0.1) is 17.6 Å². The zero-order valence-corrected chi connectivity index (χ0v) is 15.9. The molecule has 0 spiro atoms. The van der Waals surface area contributed by atoms with Crippen molar-refractivity contribution in [1.82, 2.24) is 20.2 Å². The van der Waals surface area contributed by atoms with Gasteiger partial charge in [0.1, 0.15) is 17.6 Å². The van der Waals surface area contributed by atoms with Crippen LogP contribution in [-0.2, 0) is 9.53 Å². The molecule has 1 aliphatic heterocycles. The molecule has 1 aromatic heterocycles. The summed E-state index contributed by atoms with van der Waals surface area (Å²) in [5, 5.41) is 24.8. The highest BCUT2D eigenvalue weighted by atomic mass is 19.1. The van der Waals surface area contributed by atoms with Crippen LogP contribution in [0.1, 0.15) is 22.0 Å². The lowest BCUT2D eigenvalue weighted by molar-refractivity contribution is -0.384. The molecule has 0 bridgehead atoms. The number of anilines is 1. The third kappa shape index (κ3) is 3.50. The van der Waals surface area contributed by atoms with E-state index in [1.165, 1.54) is 47.1 Å². The summed E-state index contributed by atoms with van der Waals surface area (Å²) in [5.41, 5.74) is -0.151. The first-order chi connectivity index (χ1) is 14.9. The van der Waals surface area contributed by atoms with Crippen LogP contribution in [0.2, 0.25) is 0 Å². The third-order valence-electron chi connectivity index (χ3n) is 4.66. The number of aromatic nitrogens is 4. The van der Waals surface area contributed by atoms with Gasteiger partial charge in [0.2, 0.25) is 5.95 Å². The maximum absolute atomic E-state index is 14.0. The number of ether oxygens (including phenoxy) is 1. The van der Waals surface area contributed by atoms with E-state index < -0.39 is 28.5 Å². The second-order valence-corrected chi connectivity index (χ2v) is 6.44. The van der Waals surface area contributed by atoms with Crippen LogP contribution in [0, 0.1) is 15.9 Å². The van der Waals surface area contributed by atoms with E-state index in [0.717, 1.165) is 7.11 Å². The van der Waals surface area contributed by atoms with Gasteiger partial charge in [-0.05, 0) is 40.3 Å². The number of hydrogen-bond donors (Lipinski definition) is 1. The molecule has 2 aromatic carbocycles. The van der Waals surface area contributed by atoms with Crippen LogP contribution in [0.5, 0.6) is 0 Å². The minimum atomic E-state index is -1.06. The van der Waals surface area contributed by atoms with Crippen LogP contribution in [0.25, 0.3) is 0 Å². The van der Waals surface area contributed by atoms with Gasteiger partial charge in [-0.1, -0.05) is 17.2 Å². The number of carbonyl (C=O) groups is 2. The molecule has 0 unspecified atom stereocenters. The molecule has 1 aliphatic rings. The quantitative estimate of drug-likeness (QED) is 0.282. The predicted octanol–water partition coefficient (Wildman–Crippen LogP) is 2.05. The summed E-state index contributed by atoms with van der Waals surface area (Å²) in [6.07, 6.45) is 0. The minimum absolute atomic E-state index is 0.0508. The Morgan fingerprint density at radius 2 is 1.97 bits per heavy atom. The number of esters is 1. The molecule has 31 heavy (non-hydrogen) atoms. The average Bonchev–Trinajstić information content (AvgIpc) is 3.25. The molecule has 0 amide bonds. The number of ketones is 1. The lowest BCUT2D eigenvalue weighted by Crippen LogP contribution is -2.33. The first-order valence-electron chi connectivity index (χ1n) is 8.82. The fourth-order valence-corrected chi connectivity index (χ4v) is 3.26. The molecule has 4 rings (SSSR count). The number of tetrazole rings is 1. The Morgan fingerprint density at radius 3 is 2.61 bits per heavy atom. The topological polar surface area (TPSA) is 142 Å². The van der Waals surface area contributed by atoms with Crippen LogP contribution in [0.4, 0.5) is 16.0 Å². The van der Waals surface area contributed by atoms with Crippen molar-refractivity contribution in [2.24, 2.45) is 0 Å². The summed E-state index contributed by atoms with van der Waals surface area (Å²) in [4.78, 5) is 36.3. The molecule has 156 valence electrons. The van der Waals surface area contributed by atoms with Crippen molar-refractivity contribution in [3.05, 3.63) is 86.9 Å². The summed E-state index contributed by atoms with van der Waals surface area (Å²) in [6, 6.07) is 9.24. The zero-order valence-electron chi connectivity index (χ0n) is 15.9. The number of nitrogens with one attached hydrogen (secondary N) is 1. The number of Topliss-reactive ketones (excluding diaryl/α,β-unsaturated/α-hetero) is 1. The van der Waals surface area contributed by atoms with Gasteiger partial charge in [0, 0.05) is 17.7 Å². The lowest BCUT2D eigenvalue weighted by atomic mass is 9.89. The third-order valence-corrected chi connectivity index (χ3v) is 4.66. The van der Waals surface area contributed by atoms with E-state index in [0.29, 0.717) is 5.56 Å². The number of hydrogen-bond acceptors (Lipinski definition) is 9. The zero-order chi connectivity index (χ0) is 22.1. The van der Waals surface area contributed by atoms with Crippen molar-refractivity contribution in [3.63, 3.8) is 0 Å². The van der Waals surface area contributed by atoms with Gasteiger partial charge < -0.3 is 10.1 Å². The number of nitro benzene ring substituents is 1. The van der Waals surface area contributed by atoms with Crippen molar-refractivity contribution >= 4 is 23.4 Å². The van der Waals surface area contributed by atoms with Crippen LogP contribution in [0.3, 0.4) is 0 Å². The fourth-order valence-electron chi connectivity index (χ4n) is 3.26. The van der Waals surface area contributed by atoms with Crippen LogP contribution >= 0.6 is 0 Å². The molecule has 0 saturated heterocycles. The van der Waals surface area contributed by atoms with E-state index in [2.05, 4.69) is 20.8 Å². The van der Waals surface area contributed by atoms with Gasteiger partial charge in [-0.25, -0.2) is 9.18 Å². The maximum atomic E-state index is 14.0. The van der Waals surface area contributed by atoms with Crippen molar-refractivity contribution in [2.75, 3.05) is 12.4 Å². The van der Waals surface area contributed by atoms with Crippen molar-refractivity contribution in [2.45, 2.75) is 6.04 Å². The molecular formula is C19H13FN6O5. The largest absolute Gasteiger partial charge is 0.464 e. The molecule has 0 saturated carbocycles. The van der Waals surface area contributed by atoms with E-state index in [1.807, 2.05) is 0 Å². The number of nitrogens with zero attached hydrogens (tertiary/aromatic N) is 5. The van der Waals surface area contributed by atoms with Gasteiger partial charge >= 0.3 is 5.97 Å². The number of halogens is 1. The van der Waals surface area contributed by atoms with Crippen molar-refractivity contribution < 1.29 is 23.6 Å². The molecule has 0 fully saturated rings. The van der Waals surface area contributed by atoms with Gasteiger partial charge in [-0.2, -0.15) is 4.68 Å². The molecule has 11 nitrogen and oxygen atoms in total. The van der Waals surface area contributed by atoms with E-state index in [4.69, 9.17) is 4.74 Å². The monoisotopic (exact) mass is 424 g/mol. The van der Waals surface area contributed by atoms with E-state index in [1.54, 1.807) is 6.07 Å². The van der Waals surface area contributed by atoms with E-state index >= 15 is 0 Å². The summed E-state index contributed by atoms with van der Waals surface area (Å²) in [6.45, 7) is 0. The normalized spacial score (nSPS) is 15.1. The SMILES string of the molecule is COC(=O)C1=C(C(=O)c2ccc([N+](=O)[O-])cc2)[C@H](c2cccc(F)c2)n2nnnc2N1. The average molecular weight is 424 g/mol. The van der Waals surface area contributed by atoms with Gasteiger partial charge in [-0.15, -0.1) is 0 Å². The second kappa shape index (κ2) is 7.74. The summed E-state index contributed by atoms with van der Waals surface area (Å²) in [5.74, 6) is -2.01. The Morgan fingerprint density at radius 1 is 1.23 bits per heavy atom. The molecule has 1 N–H and O–H groups in total. The van der Waals surface area contributed by atoms with Gasteiger partial charge in [0.15, 0.2) is 5.78 Å². The standard InChI is InChI=1S/C19H13FN6O5/c1-31-18(28)15-14(17(27)10-5-7-13(8-6-10)26(29)30)16(11-3-2-4-12(20)9-11)25-19(21-15)22-23-24-25/h2-9,16H,1H3,(H,21,22,24)/t16-/m0/s1. The molecule has 1 atom stereocenters. The summed E-state index contributed by atoms with van der Waals surface area (Å²) < 4.78 is 20.0. The van der Waals surface area contributed by atoms with Crippen LogP contribution < -0.4 is 5.32 Å². The van der Waals surface area contributed by atoms with Gasteiger partial charge in [-0.3, -0.25) is 14.9 Å². The van der Waals surface area contributed by atoms with Crippen LogP contribution in [-0.4, -0.2) is 44.0 Å². The van der Waals surface area contributed by atoms with E-state index in [-0.39, 0.29) is 28.5 Å². The smallest absolute Gasteiger partial charge is 0.355 e. The highest BCUT2D eigenvalue weighted by molar-refractivity contribution is 6.15. The van der Waals surface area contributed by atoms with Crippen molar-refractivity contribution in [3.8, 4) is 0 Å². The molecule has 2 heterocycles. The highest BCUT2D eigenvalue weighted by Gasteiger charge is 2.38. The summed E-state index contributed by atoms with van der Waals surface area (Å²) >= 11 is 0. The number of carbonyl (C=O) groups excluding carboxylic acids is 2. The first kappa shape index (κ1) is 19.8. The number of nitro groups is 1. The maximum Gasteiger partial charge on any atom is 0.355 e. The molecule has 0 aliphatic carbocycles. The number of fused-ring (bicyclic) bond motifs is 1. The second-order valence-electron chi connectivity index (χ2n) is 6.44. The van der Waals surface area contributed by atoms with Crippen molar-refractivity contribution in [1.29, 1.82) is 0 Å². The van der Waals surface area contributed by atoms with Crippen LogP contribution in [0.15, 0.2) is 59.8 Å². The summed E-state index contributed by atoms with van der Waals surface area (Å²) in [7, 11) is 1.14. The number of rotatable bonds is 5. The number of non-ortho nitro benzene ring substituents is 1. The number of allylic oxidation sites excluding steroid dienone is 1. The Labute approximate surface area is 173 Å². The highest BCUT2D eigenvalue weighted by Crippen LogP contribution is 2.36. The Hall–Kier alpha value is -4.48. The predicted molar refractivity (Wildman–Crippen MR) is 102 cm³/mol. The minimum Gasteiger partial charge on any atom is -0.464 e. The Bertz CT molecular complexity index is 1240. The Kier molecular flexibility index (Phi) is 4.95. The first-order valence-corrected chi connectivity index (χ1v) is 8.82. The Balaban J connectivity index is 1.92. The molecule has 3 aromatic rings. The van der Waals surface area contributed by atoms with Gasteiger partial charge in [0.25, 0.3) is 5.69 Å². The lowest BCUT2D eigenvalue weighted by Gasteiger charge is -2.28. The fraction of sp³-hybridized carbons (Fsp3) is 0.105. The number of methoxy groups -OCH3 is 1. The molecule has 0 radical (unpaired) electrons. The number of benzene rings is 2. The van der Waals surface area contributed by atoms with E-state index in [9.17, 15) is 24.1 Å². The molecule has 12 heteroatoms.